The van der Waals surface area contributed by atoms with Crippen molar-refractivity contribution >= 4 is 39.2 Å². The van der Waals surface area contributed by atoms with Crippen LogP contribution in [0.3, 0.4) is 0 Å². The lowest BCUT2D eigenvalue weighted by Crippen LogP contribution is -2.12. The van der Waals surface area contributed by atoms with E-state index in [9.17, 15) is 9.59 Å². The minimum Gasteiger partial charge on any atom is -0.481 e. The number of rotatable bonds is 4. The van der Waals surface area contributed by atoms with Gasteiger partial charge in [0.05, 0.1) is 6.42 Å². The number of hydrogen-bond acceptors (Lipinski definition) is 3. The third-order valence-corrected chi connectivity index (χ3v) is 3.52. The van der Waals surface area contributed by atoms with Gasteiger partial charge < -0.3 is 16.2 Å². The van der Waals surface area contributed by atoms with Gasteiger partial charge in [-0.3, -0.25) is 9.59 Å². The van der Waals surface area contributed by atoms with Gasteiger partial charge in [0, 0.05) is 21.4 Å². The predicted octanol–water partition coefficient (Wildman–Crippen LogP) is 2.91. The van der Waals surface area contributed by atoms with Crippen LogP contribution in [0, 0.1) is 0 Å². The summed E-state index contributed by atoms with van der Waals surface area (Å²) >= 11 is 3.27. The van der Waals surface area contributed by atoms with Crippen LogP contribution in [-0.2, 0) is 11.2 Å². The minimum atomic E-state index is -0.917. The summed E-state index contributed by atoms with van der Waals surface area (Å²) in [5.41, 5.74) is 7.81. The van der Waals surface area contributed by atoms with Gasteiger partial charge in [-0.25, -0.2) is 0 Å². The topological polar surface area (TPSA) is 92.4 Å². The van der Waals surface area contributed by atoms with E-state index in [1.54, 1.807) is 42.5 Å². The molecule has 0 saturated heterocycles. The van der Waals surface area contributed by atoms with E-state index in [0.29, 0.717) is 22.5 Å². The molecule has 0 aliphatic rings. The van der Waals surface area contributed by atoms with E-state index >= 15 is 0 Å². The molecular formula is C15H13BrN2O3. The van der Waals surface area contributed by atoms with E-state index in [2.05, 4.69) is 21.2 Å². The average Bonchev–Trinajstić information content (AvgIpc) is 2.41. The quantitative estimate of drug-likeness (QED) is 0.740. The van der Waals surface area contributed by atoms with Crippen molar-refractivity contribution in [3.8, 4) is 0 Å². The Hall–Kier alpha value is -2.34. The Balaban J connectivity index is 2.15. The number of halogens is 1. The largest absolute Gasteiger partial charge is 0.481 e. The molecule has 0 aliphatic heterocycles. The van der Waals surface area contributed by atoms with Crippen LogP contribution in [0.25, 0.3) is 0 Å². The van der Waals surface area contributed by atoms with Gasteiger partial charge in [-0.2, -0.15) is 0 Å². The summed E-state index contributed by atoms with van der Waals surface area (Å²) in [5, 5.41) is 11.5. The minimum absolute atomic E-state index is 0.0884. The molecule has 21 heavy (non-hydrogen) atoms. The third-order valence-electron chi connectivity index (χ3n) is 2.80. The zero-order chi connectivity index (χ0) is 15.4. The van der Waals surface area contributed by atoms with Gasteiger partial charge >= 0.3 is 5.97 Å². The Bertz CT molecular complexity index is 701. The van der Waals surface area contributed by atoms with Crippen molar-refractivity contribution in [3.05, 3.63) is 58.1 Å². The van der Waals surface area contributed by atoms with Crippen molar-refractivity contribution in [3.63, 3.8) is 0 Å². The van der Waals surface area contributed by atoms with Gasteiger partial charge in [0.1, 0.15) is 0 Å². The smallest absolute Gasteiger partial charge is 0.307 e. The molecule has 0 aliphatic carbocycles. The number of hydrogen-bond donors (Lipinski definition) is 3. The summed E-state index contributed by atoms with van der Waals surface area (Å²) < 4.78 is 0.725. The lowest BCUT2D eigenvalue weighted by atomic mass is 10.1. The average molecular weight is 349 g/mol. The number of nitrogen functional groups attached to an aromatic ring is 1. The van der Waals surface area contributed by atoms with Crippen LogP contribution in [-0.4, -0.2) is 17.0 Å². The molecule has 2 aromatic carbocycles. The summed E-state index contributed by atoms with van der Waals surface area (Å²) in [7, 11) is 0. The monoisotopic (exact) mass is 348 g/mol. The first-order chi connectivity index (χ1) is 9.95. The number of carboxylic acids is 1. The van der Waals surface area contributed by atoms with Crippen LogP contribution in [0.4, 0.5) is 11.4 Å². The van der Waals surface area contributed by atoms with Crippen molar-refractivity contribution < 1.29 is 14.7 Å². The van der Waals surface area contributed by atoms with Gasteiger partial charge in [0.2, 0.25) is 0 Å². The van der Waals surface area contributed by atoms with E-state index in [1.807, 2.05) is 0 Å². The zero-order valence-corrected chi connectivity index (χ0v) is 12.6. The molecular weight excluding hydrogens is 336 g/mol. The Morgan fingerprint density at radius 1 is 1.19 bits per heavy atom. The molecule has 0 bridgehead atoms. The number of anilines is 2. The Morgan fingerprint density at radius 2 is 1.95 bits per heavy atom. The lowest BCUT2D eigenvalue weighted by molar-refractivity contribution is -0.136. The van der Waals surface area contributed by atoms with E-state index < -0.39 is 5.97 Å². The van der Waals surface area contributed by atoms with Crippen LogP contribution in [0.1, 0.15) is 15.9 Å². The highest BCUT2D eigenvalue weighted by Gasteiger charge is 2.09. The Morgan fingerprint density at radius 3 is 2.62 bits per heavy atom. The van der Waals surface area contributed by atoms with Crippen LogP contribution in [0.5, 0.6) is 0 Å². The van der Waals surface area contributed by atoms with Gasteiger partial charge in [0.15, 0.2) is 0 Å². The number of amides is 1. The van der Waals surface area contributed by atoms with E-state index in [0.717, 1.165) is 4.47 Å². The summed E-state index contributed by atoms with van der Waals surface area (Å²) in [4.78, 5) is 22.8. The highest BCUT2D eigenvalue weighted by Crippen LogP contribution is 2.21. The second kappa shape index (κ2) is 6.41. The molecule has 108 valence electrons. The van der Waals surface area contributed by atoms with Crippen LogP contribution < -0.4 is 11.1 Å². The molecule has 0 atom stereocenters. The van der Waals surface area contributed by atoms with Gasteiger partial charge in [-0.15, -0.1) is 0 Å². The molecule has 0 spiro atoms. The molecule has 0 saturated carbocycles. The molecule has 0 heterocycles. The number of carbonyl (C=O) groups is 2. The molecule has 2 aromatic rings. The second-order valence-electron chi connectivity index (χ2n) is 4.46. The van der Waals surface area contributed by atoms with E-state index in [-0.39, 0.29) is 12.3 Å². The van der Waals surface area contributed by atoms with E-state index in [4.69, 9.17) is 10.8 Å². The first-order valence-electron chi connectivity index (χ1n) is 6.13. The first kappa shape index (κ1) is 15.1. The molecule has 2 rings (SSSR count). The fourth-order valence-corrected chi connectivity index (χ4v) is 2.07. The molecule has 1 amide bonds. The molecule has 0 aromatic heterocycles. The number of carboxylic acid groups (broad SMARTS) is 1. The third kappa shape index (κ3) is 4.06. The number of nitrogens with two attached hydrogens (primary N) is 1. The maximum atomic E-state index is 12.1. The molecule has 0 radical (unpaired) electrons. The fourth-order valence-electron chi connectivity index (χ4n) is 1.82. The summed E-state index contributed by atoms with van der Waals surface area (Å²) in [6.45, 7) is 0. The highest BCUT2D eigenvalue weighted by molar-refractivity contribution is 9.10. The molecule has 5 nitrogen and oxygen atoms in total. The van der Waals surface area contributed by atoms with Gasteiger partial charge in [-0.05, 0) is 51.8 Å². The van der Waals surface area contributed by atoms with Crippen LogP contribution in [0.15, 0.2) is 46.9 Å². The lowest BCUT2D eigenvalue weighted by Gasteiger charge is -2.08. The highest BCUT2D eigenvalue weighted by atomic mass is 79.9. The van der Waals surface area contributed by atoms with Gasteiger partial charge in [0.25, 0.3) is 5.91 Å². The SMILES string of the molecule is Nc1cc(C(=O)Nc2cccc(CC(=O)O)c2)ccc1Br. The van der Waals surface area contributed by atoms with Crippen molar-refractivity contribution in [2.24, 2.45) is 0 Å². The zero-order valence-electron chi connectivity index (χ0n) is 11.0. The Labute approximate surface area is 129 Å². The summed E-state index contributed by atoms with van der Waals surface area (Å²) in [6, 6.07) is 11.6. The summed E-state index contributed by atoms with van der Waals surface area (Å²) in [6.07, 6.45) is -0.0884. The molecule has 6 heteroatoms. The van der Waals surface area contributed by atoms with Crippen molar-refractivity contribution in [2.45, 2.75) is 6.42 Å². The van der Waals surface area contributed by atoms with Crippen molar-refractivity contribution in [1.29, 1.82) is 0 Å². The maximum Gasteiger partial charge on any atom is 0.307 e. The van der Waals surface area contributed by atoms with Crippen LogP contribution in [0.2, 0.25) is 0 Å². The molecule has 0 fully saturated rings. The standard InChI is InChI=1S/C15H13BrN2O3/c16-12-5-4-10(8-13(12)17)15(21)18-11-3-1-2-9(6-11)7-14(19)20/h1-6,8H,7,17H2,(H,18,21)(H,19,20). The van der Waals surface area contributed by atoms with Crippen LogP contribution >= 0.6 is 15.9 Å². The second-order valence-corrected chi connectivity index (χ2v) is 5.32. The first-order valence-corrected chi connectivity index (χ1v) is 6.92. The molecule has 0 unspecified atom stereocenters. The predicted molar refractivity (Wildman–Crippen MR) is 84.3 cm³/mol. The van der Waals surface area contributed by atoms with E-state index in [1.165, 1.54) is 0 Å². The maximum absolute atomic E-state index is 12.1. The number of carbonyl (C=O) groups excluding carboxylic acids is 1. The normalized spacial score (nSPS) is 10.1. The van der Waals surface area contributed by atoms with Crippen molar-refractivity contribution in [2.75, 3.05) is 11.1 Å². The summed E-state index contributed by atoms with van der Waals surface area (Å²) in [5.74, 6) is -1.22. The Kier molecular flexibility index (Phi) is 4.59. The fraction of sp³-hybridized carbons (Fsp3) is 0.0667. The number of aliphatic carboxylic acids is 1. The molecule has 4 N–H and O–H groups in total. The van der Waals surface area contributed by atoms with Gasteiger partial charge in [-0.1, -0.05) is 12.1 Å². The number of nitrogens with one attached hydrogen (secondary N) is 1. The number of benzene rings is 2. The van der Waals surface area contributed by atoms with Crippen molar-refractivity contribution in [1.82, 2.24) is 0 Å².